The molecule has 2 aromatic rings. The lowest BCUT2D eigenvalue weighted by Crippen LogP contribution is -2.07. The first-order valence-electron chi connectivity index (χ1n) is 7.85. The zero-order chi connectivity index (χ0) is 17.4. The highest BCUT2D eigenvalue weighted by Gasteiger charge is 2.36. The van der Waals surface area contributed by atoms with Crippen LogP contribution in [0.5, 0.6) is 28.7 Å². The molecule has 1 aliphatic carbocycles. The van der Waals surface area contributed by atoms with E-state index in [1.54, 1.807) is 13.2 Å². The third-order valence-corrected chi connectivity index (χ3v) is 4.75. The Kier molecular flexibility index (Phi) is 4.18. The number of phenolic OH excluding ortho intramolecular Hbond substituents is 2. The summed E-state index contributed by atoms with van der Waals surface area (Å²) in [6, 6.07) is 7.23. The summed E-state index contributed by atoms with van der Waals surface area (Å²) in [5.74, 6) is 1.79. The second-order valence-electron chi connectivity index (χ2n) is 6.12. The van der Waals surface area contributed by atoms with Crippen LogP contribution in [-0.2, 0) is 6.42 Å². The minimum atomic E-state index is 0.0172. The van der Waals surface area contributed by atoms with Crippen molar-refractivity contribution < 1.29 is 24.4 Å². The van der Waals surface area contributed by atoms with E-state index in [1.165, 1.54) is 14.2 Å². The van der Waals surface area contributed by atoms with Gasteiger partial charge < -0.3 is 24.4 Å². The molecule has 0 bridgehead atoms. The van der Waals surface area contributed by atoms with Gasteiger partial charge >= 0.3 is 0 Å². The molecule has 2 aromatic carbocycles. The van der Waals surface area contributed by atoms with Crippen molar-refractivity contribution in [1.29, 1.82) is 0 Å². The van der Waals surface area contributed by atoms with Gasteiger partial charge in [-0.2, -0.15) is 0 Å². The van der Waals surface area contributed by atoms with Crippen molar-refractivity contribution in [2.75, 3.05) is 21.3 Å². The van der Waals surface area contributed by atoms with Gasteiger partial charge in [-0.1, -0.05) is 13.0 Å². The van der Waals surface area contributed by atoms with Gasteiger partial charge in [-0.05, 0) is 41.7 Å². The van der Waals surface area contributed by atoms with E-state index in [-0.39, 0.29) is 17.4 Å². The molecule has 2 atom stereocenters. The largest absolute Gasteiger partial charge is 0.504 e. The number of benzene rings is 2. The van der Waals surface area contributed by atoms with Gasteiger partial charge in [-0.3, -0.25) is 0 Å². The molecule has 0 heterocycles. The summed E-state index contributed by atoms with van der Waals surface area (Å²) in [5, 5.41) is 20.3. The Morgan fingerprint density at radius 2 is 1.67 bits per heavy atom. The van der Waals surface area contributed by atoms with Crippen LogP contribution >= 0.6 is 0 Å². The van der Waals surface area contributed by atoms with Gasteiger partial charge in [-0.25, -0.2) is 0 Å². The maximum atomic E-state index is 10.4. The highest BCUT2D eigenvalue weighted by atomic mass is 16.5. The van der Waals surface area contributed by atoms with E-state index in [1.807, 2.05) is 18.2 Å². The molecule has 0 saturated carbocycles. The lowest BCUT2D eigenvalue weighted by molar-refractivity contribution is 0.336. The summed E-state index contributed by atoms with van der Waals surface area (Å²) in [4.78, 5) is 0. The van der Waals surface area contributed by atoms with Crippen LogP contribution in [0.15, 0.2) is 24.3 Å². The molecule has 0 saturated heterocycles. The molecular formula is C19H22O5. The first kappa shape index (κ1) is 16.3. The molecule has 0 amide bonds. The number of hydrogen-bond acceptors (Lipinski definition) is 5. The standard InChI is InChI=1S/C19H22O5/c1-10-7-12-9-15(23-3)18(21)19(24-4)17(12)16(10)11-5-6-13(20)14(8-11)22-2/h5-6,8-10,16,20-21H,7H2,1-4H3/t10-,16-/m0/s1. The number of aromatic hydroxyl groups is 2. The van der Waals surface area contributed by atoms with Crippen molar-refractivity contribution in [1.82, 2.24) is 0 Å². The van der Waals surface area contributed by atoms with E-state index in [4.69, 9.17) is 14.2 Å². The Morgan fingerprint density at radius 3 is 2.29 bits per heavy atom. The van der Waals surface area contributed by atoms with Gasteiger partial charge in [0.2, 0.25) is 5.75 Å². The predicted octanol–water partition coefficient (Wildman–Crippen LogP) is 3.45. The molecule has 128 valence electrons. The number of rotatable bonds is 4. The Hall–Kier alpha value is -2.56. The summed E-state index contributed by atoms with van der Waals surface area (Å²) in [6.45, 7) is 2.16. The summed E-state index contributed by atoms with van der Waals surface area (Å²) < 4.78 is 16.0. The zero-order valence-corrected chi connectivity index (χ0v) is 14.3. The van der Waals surface area contributed by atoms with Crippen molar-refractivity contribution in [3.8, 4) is 28.7 Å². The lowest BCUT2D eigenvalue weighted by atomic mass is 9.86. The van der Waals surface area contributed by atoms with E-state index >= 15 is 0 Å². The second-order valence-corrected chi connectivity index (χ2v) is 6.12. The number of hydrogen-bond donors (Lipinski definition) is 2. The van der Waals surface area contributed by atoms with E-state index < -0.39 is 0 Å². The monoisotopic (exact) mass is 330 g/mol. The Labute approximate surface area is 141 Å². The third-order valence-electron chi connectivity index (χ3n) is 4.75. The van der Waals surface area contributed by atoms with Crippen molar-refractivity contribution in [3.63, 3.8) is 0 Å². The first-order valence-corrected chi connectivity index (χ1v) is 7.85. The highest BCUT2D eigenvalue weighted by Crippen LogP contribution is 2.53. The fourth-order valence-corrected chi connectivity index (χ4v) is 3.69. The van der Waals surface area contributed by atoms with Crippen LogP contribution < -0.4 is 14.2 Å². The van der Waals surface area contributed by atoms with Crippen LogP contribution in [0.3, 0.4) is 0 Å². The number of methoxy groups -OCH3 is 3. The topological polar surface area (TPSA) is 68.2 Å². The molecule has 0 spiro atoms. The maximum Gasteiger partial charge on any atom is 0.201 e. The molecule has 1 aliphatic rings. The molecule has 5 heteroatoms. The molecule has 0 fully saturated rings. The summed E-state index contributed by atoms with van der Waals surface area (Å²) >= 11 is 0. The van der Waals surface area contributed by atoms with E-state index in [9.17, 15) is 10.2 Å². The first-order chi connectivity index (χ1) is 11.5. The maximum absolute atomic E-state index is 10.4. The van der Waals surface area contributed by atoms with Crippen LogP contribution in [0.2, 0.25) is 0 Å². The van der Waals surface area contributed by atoms with Crippen molar-refractivity contribution in [3.05, 3.63) is 41.0 Å². The molecule has 3 rings (SSSR count). The second kappa shape index (κ2) is 6.15. The van der Waals surface area contributed by atoms with Crippen LogP contribution in [-0.4, -0.2) is 31.5 Å². The van der Waals surface area contributed by atoms with Gasteiger partial charge in [0.1, 0.15) is 0 Å². The molecule has 5 nitrogen and oxygen atoms in total. The molecule has 0 aromatic heterocycles. The molecule has 0 radical (unpaired) electrons. The Morgan fingerprint density at radius 1 is 0.958 bits per heavy atom. The lowest BCUT2D eigenvalue weighted by Gasteiger charge is -2.21. The van der Waals surface area contributed by atoms with Crippen LogP contribution in [0.25, 0.3) is 0 Å². The highest BCUT2D eigenvalue weighted by molar-refractivity contribution is 5.63. The SMILES string of the molecule is COc1cc([C@H]2c3c(cc(OC)c(O)c3OC)C[C@@H]2C)ccc1O. The van der Waals surface area contributed by atoms with E-state index in [2.05, 4.69) is 6.92 Å². The van der Waals surface area contributed by atoms with Gasteiger partial charge in [-0.15, -0.1) is 0 Å². The molecule has 2 N–H and O–H groups in total. The van der Waals surface area contributed by atoms with Crippen LogP contribution in [0, 0.1) is 5.92 Å². The van der Waals surface area contributed by atoms with Crippen molar-refractivity contribution >= 4 is 0 Å². The summed E-state index contributed by atoms with van der Waals surface area (Å²) in [7, 11) is 4.61. The molecular weight excluding hydrogens is 308 g/mol. The van der Waals surface area contributed by atoms with Crippen LogP contribution in [0.1, 0.15) is 29.5 Å². The predicted molar refractivity (Wildman–Crippen MR) is 90.6 cm³/mol. The number of fused-ring (bicyclic) bond motifs is 1. The molecule has 0 aliphatic heterocycles. The fraction of sp³-hybridized carbons (Fsp3) is 0.368. The van der Waals surface area contributed by atoms with Gasteiger partial charge in [0, 0.05) is 11.5 Å². The number of phenols is 2. The number of ether oxygens (including phenoxy) is 3. The van der Waals surface area contributed by atoms with Crippen LogP contribution in [0.4, 0.5) is 0 Å². The van der Waals surface area contributed by atoms with Gasteiger partial charge in [0.25, 0.3) is 0 Å². The molecule has 24 heavy (non-hydrogen) atoms. The smallest absolute Gasteiger partial charge is 0.201 e. The normalized spacial score (nSPS) is 19.0. The minimum absolute atomic E-state index is 0.0172. The van der Waals surface area contributed by atoms with Crippen molar-refractivity contribution in [2.45, 2.75) is 19.3 Å². The zero-order valence-electron chi connectivity index (χ0n) is 14.3. The fourth-order valence-electron chi connectivity index (χ4n) is 3.69. The Balaban J connectivity index is 2.18. The van der Waals surface area contributed by atoms with Gasteiger partial charge in [0.15, 0.2) is 23.0 Å². The third kappa shape index (κ3) is 2.40. The van der Waals surface area contributed by atoms with E-state index in [0.29, 0.717) is 23.2 Å². The summed E-state index contributed by atoms with van der Waals surface area (Å²) in [6.07, 6.45) is 0.857. The molecule has 0 unspecified atom stereocenters. The van der Waals surface area contributed by atoms with E-state index in [0.717, 1.165) is 23.1 Å². The average Bonchev–Trinajstić information content (AvgIpc) is 2.90. The quantitative estimate of drug-likeness (QED) is 0.899. The Bertz CT molecular complexity index is 769. The average molecular weight is 330 g/mol. The summed E-state index contributed by atoms with van der Waals surface area (Å²) in [5.41, 5.74) is 3.08. The van der Waals surface area contributed by atoms with Crippen molar-refractivity contribution in [2.24, 2.45) is 5.92 Å². The minimum Gasteiger partial charge on any atom is -0.504 e. The van der Waals surface area contributed by atoms with Gasteiger partial charge in [0.05, 0.1) is 21.3 Å².